The van der Waals surface area contributed by atoms with Crippen molar-refractivity contribution in [2.75, 3.05) is 0 Å². The highest BCUT2D eigenvalue weighted by molar-refractivity contribution is 6.04. The number of benzene rings is 1. The molecule has 2 aromatic heterocycles. The number of H-pyrrole nitrogens is 1. The van der Waals surface area contributed by atoms with Crippen LogP contribution in [0.4, 0.5) is 0 Å². The van der Waals surface area contributed by atoms with Crippen molar-refractivity contribution in [2.45, 2.75) is 6.92 Å². The second kappa shape index (κ2) is 2.54. The number of aromatic amines is 1. The van der Waals surface area contributed by atoms with E-state index in [-0.39, 0.29) is 0 Å². The Balaban J connectivity index is 2.67. The van der Waals surface area contributed by atoms with Gasteiger partial charge in [0.05, 0.1) is 17.2 Å². The standard InChI is InChI=1S/C11H9N3/c1-7-5-8-6-13-14-10(8)11-9(7)3-2-4-12-11/h2-6H,1H3,(H,13,14). The van der Waals surface area contributed by atoms with E-state index in [1.165, 1.54) is 10.9 Å². The lowest BCUT2D eigenvalue weighted by molar-refractivity contribution is 1.12. The fourth-order valence-corrected chi connectivity index (χ4v) is 1.83. The number of nitrogens with zero attached hydrogens (tertiary/aromatic N) is 2. The van der Waals surface area contributed by atoms with Gasteiger partial charge in [-0.3, -0.25) is 10.1 Å². The van der Waals surface area contributed by atoms with Crippen LogP contribution in [0.5, 0.6) is 0 Å². The van der Waals surface area contributed by atoms with Gasteiger partial charge in [-0.15, -0.1) is 0 Å². The van der Waals surface area contributed by atoms with Gasteiger partial charge in [-0.2, -0.15) is 5.10 Å². The Hall–Kier alpha value is -1.90. The predicted octanol–water partition coefficient (Wildman–Crippen LogP) is 2.42. The second-order valence-corrected chi connectivity index (χ2v) is 3.43. The van der Waals surface area contributed by atoms with Gasteiger partial charge in [-0.25, -0.2) is 0 Å². The van der Waals surface area contributed by atoms with Crippen LogP contribution in [0.15, 0.2) is 30.6 Å². The molecule has 68 valence electrons. The number of hydrogen-bond donors (Lipinski definition) is 1. The van der Waals surface area contributed by atoms with Crippen LogP contribution in [0.25, 0.3) is 21.8 Å². The average molecular weight is 183 g/mol. The number of nitrogens with one attached hydrogen (secondary N) is 1. The summed E-state index contributed by atoms with van der Waals surface area (Å²) < 4.78 is 0. The van der Waals surface area contributed by atoms with E-state index in [0.29, 0.717) is 0 Å². The van der Waals surface area contributed by atoms with Crippen LogP contribution in [0.2, 0.25) is 0 Å². The molecule has 3 aromatic rings. The Morgan fingerprint density at radius 2 is 2.29 bits per heavy atom. The number of aromatic nitrogens is 3. The summed E-state index contributed by atoms with van der Waals surface area (Å²) in [5.74, 6) is 0. The zero-order chi connectivity index (χ0) is 9.54. The van der Waals surface area contributed by atoms with Crippen LogP contribution in [-0.4, -0.2) is 15.2 Å². The molecule has 0 amide bonds. The fourth-order valence-electron chi connectivity index (χ4n) is 1.83. The van der Waals surface area contributed by atoms with Gasteiger partial charge >= 0.3 is 0 Å². The summed E-state index contributed by atoms with van der Waals surface area (Å²) in [5.41, 5.74) is 3.26. The van der Waals surface area contributed by atoms with Crippen LogP contribution in [0, 0.1) is 6.92 Å². The minimum Gasteiger partial charge on any atom is -0.276 e. The highest BCUT2D eigenvalue weighted by atomic mass is 15.1. The minimum atomic E-state index is 1.00. The molecule has 14 heavy (non-hydrogen) atoms. The molecule has 3 nitrogen and oxygen atoms in total. The molecule has 3 rings (SSSR count). The Labute approximate surface area is 80.8 Å². The molecular formula is C11H9N3. The Morgan fingerprint density at radius 1 is 1.36 bits per heavy atom. The van der Waals surface area contributed by atoms with Crippen molar-refractivity contribution in [1.82, 2.24) is 15.2 Å². The number of rotatable bonds is 0. The van der Waals surface area contributed by atoms with Gasteiger partial charge in [-0.05, 0) is 24.6 Å². The zero-order valence-electron chi connectivity index (χ0n) is 7.78. The monoisotopic (exact) mass is 183 g/mol. The van der Waals surface area contributed by atoms with Gasteiger partial charge in [0.15, 0.2) is 0 Å². The van der Waals surface area contributed by atoms with Crippen LogP contribution in [-0.2, 0) is 0 Å². The van der Waals surface area contributed by atoms with Crippen molar-refractivity contribution < 1.29 is 0 Å². The molecule has 0 saturated carbocycles. The maximum absolute atomic E-state index is 4.37. The molecule has 0 aliphatic rings. The molecule has 0 unspecified atom stereocenters. The van der Waals surface area contributed by atoms with E-state index in [4.69, 9.17) is 0 Å². The SMILES string of the molecule is Cc1cc2cn[nH]c2c2ncccc12. The lowest BCUT2D eigenvalue weighted by atomic mass is 10.1. The number of fused-ring (bicyclic) bond motifs is 3. The summed E-state index contributed by atoms with van der Waals surface area (Å²) in [6.45, 7) is 2.09. The van der Waals surface area contributed by atoms with Gasteiger partial charge in [0.25, 0.3) is 0 Å². The lowest BCUT2D eigenvalue weighted by Gasteiger charge is -2.01. The van der Waals surface area contributed by atoms with Gasteiger partial charge in [0, 0.05) is 17.0 Å². The van der Waals surface area contributed by atoms with Crippen molar-refractivity contribution >= 4 is 21.8 Å². The van der Waals surface area contributed by atoms with Crippen molar-refractivity contribution in [3.8, 4) is 0 Å². The normalized spacial score (nSPS) is 11.2. The van der Waals surface area contributed by atoms with E-state index in [1.807, 2.05) is 18.5 Å². The fraction of sp³-hybridized carbons (Fsp3) is 0.0909. The molecule has 0 spiro atoms. The average Bonchev–Trinajstić information content (AvgIpc) is 2.66. The lowest BCUT2D eigenvalue weighted by Crippen LogP contribution is -1.83. The van der Waals surface area contributed by atoms with E-state index in [0.717, 1.165) is 16.4 Å². The van der Waals surface area contributed by atoms with Crippen molar-refractivity contribution in [2.24, 2.45) is 0 Å². The van der Waals surface area contributed by atoms with Crippen LogP contribution in [0.3, 0.4) is 0 Å². The first kappa shape index (κ1) is 7.50. The highest BCUT2D eigenvalue weighted by Crippen LogP contribution is 2.24. The van der Waals surface area contributed by atoms with E-state index in [1.54, 1.807) is 0 Å². The van der Waals surface area contributed by atoms with Gasteiger partial charge in [-0.1, -0.05) is 6.07 Å². The van der Waals surface area contributed by atoms with Crippen LogP contribution in [0.1, 0.15) is 5.56 Å². The molecule has 1 N–H and O–H groups in total. The molecule has 0 bridgehead atoms. The van der Waals surface area contributed by atoms with Gasteiger partial charge < -0.3 is 0 Å². The summed E-state index contributed by atoms with van der Waals surface area (Å²) in [6, 6.07) is 6.17. The first-order valence-electron chi connectivity index (χ1n) is 4.53. The molecule has 0 radical (unpaired) electrons. The van der Waals surface area contributed by atoms with E-state index < -0.39 is 0 Å². The topological polar surface area (TPSA) is 41.6 Å². The summed E-state index contributed by atoms with van der Waals surface area (Å²) in [4.78, 5) is 4.37. The molecule has 0 saturated heterocycles. The largest absolute Gasteiger partial charge is 0.276 e. The molecule has 0 aliphatic heterocycles. The molecular weight excluding hydrogens is 174 g/mol. The summed E-state index contributed by atoms with van der Waals surface area (Å²) in [7, 11) is 0. The summed E-state index contributed by atoms with van der Waals surface area (Å²) >= 11 is 0. The first-order valence-corrected chi connectivity index (χ1v) is 4.53. The van der Waals surface area contributed by atoms with E-state index in [2.05, 4.69) is 34.2 Å². The number of aryl methyl sites for hydroxylation is 1. The molecule has 1 aromatic carbocycles. The van der Waals surface area contributed by atoms with Crippen molar-refractivity contribution in [3.63, 3.8) is 0 Å². The molecule has 0 atom stereocenters. The second-order valence-electron chi connectivity index (χ2n) is 3.43. The van der Waals surface area contributed by atoms with E-state index >= 15 is 0 Å². The van der Waals surface area contributed by atoms with E-state index in [9.17, 15) is 0 Å². The van der Waals surface area contributed by atoms with Crippen LogP contribution >= 0.6 is 0 Å². The molecule has 0 fully saturated rings. The highest BCUT2D eigenvalue weighted by Gasteiger charge is 2.05. The minimum absolute atomic E-state index is 1.00. The van der Waals surface area contributed by atoms with Crippen molar-refractivity contribution in [1.29, 1.82) is 0 Å². The zero-order valence-corrected chi connectivity index (χ0v) is 7.78. The summed E-state index contributed by atoms with van der Waals surface area (Å²) in [6.07, 6.45) is 3.64. The summed E-state index contributed by atoms with van der Waals surface area (Å²) in [5, 5.41) is 9.31. The first-order chi connectivity index (χ1) is 6.86. The third kappa shape index (κ3) is 0.865. The molecule has 3 heteroatoms. The third-order valence-electron chi connectivity index (χ3n) is 2.51. The van der Waals surface area contributed by atoms with Crippen LogP contribution < -0.4 is 0 Å². The third-order valence-corrected chi connectivity index (χ3v) is 2.51. The van der Waals surface area contributed by atoms with Crippen molar-refractivity contribution in [3.05, 3.63) is 36.2 Å². The Kier molecular flexibility index (Phi) is 1.36. The number of pyridine rings is 1. The Bertz CT molecular complexity index is 610. The molecule has 2 heterocycles. The Morgan fingerprint density at radius 3 is 3.21 bits per heavy atom. The molecule has 0 aliphatic carbocycles. The number of hydrogen-bond acceptors (Lipinski definition) is 2. The van der Waals surface area contributed by atoms with Gasteiger partial charge in [0.2, 0.25) is 0 Å². The maximum Gasteiger partial charge on any atom is 0.0961 e. The quantitative estimate of drug-likeness (QED) is 0.581. The predicted molar refractivity (Wildman–Crippen MR) is 56.1 cm³/mol. The van der Waals surface area contributed by atoms with Gasteiger partial charge in [0.1, 0.15) is 0 Å². The smallest absolute Gasteiger partial charge is 0.0961 e. The maximum atomic E-state index is 4.37.